The van der Waals surface area contributed by atoms with E-state index < -0.39 is 0 Å². The van der Waals surface area contributed by atoms with Crippen LogP contribution >= 0.6 is 22.6 Å². The third kappa shape index (κ3) is 0.847. The lowest BCUT2D eigenvalue weighted by molar-refractivity contribution is 1.05. The smallest absolute Gasteiger partial charge is 0.149 e. The van der Waals surface area contributed by atoms with Crippen molar-refractivity contribution in [3.8, 4) is 0 Å². The van der Waals surface area contributed by atoms with Crippen LogP contribution in [0.5, 0.6) is 0 Å². The lowest BCUT2D eigenvalue weighted by atomic mass is 10.2. The Morgan fingerprint density at radius 1 is 1.30 bits per heavy atom. The summed E-state index contributed by atoms with van der Waals surface area (Å²) in [5.74, 6) is 0. The Morgan fingerprint density at radius 3 is 2.90 bits per heavy atom. The first kappa shape index (κ1) is 6.27. The minimum atomic E-state index is 0.230. The molecule has 1 aromatic rings. The Balaban J connectivity index is 2.59. The van der Waals surface area contributed by atoms with Gasteiger partial charge in [0.1, 0.15) is 4.05 Å². The number of azo groups is 1. The molecule has 0 aromatic heterocycles. The molecule has 1 atom stereocenters. The van der Waals surface area contributed by atoms with Crippen molar-refractivity contribution >= 4 is 28.3 Å². The van der Waals surface area contributed by atoms with Gasteiger partial charge in [-0.2, -0.15) is 10.2 Å². The second-order valence-electron chi connectivity index (χ2n) is 2.11. The quantitative estimate of drug-likeness (QED) is 0.380. The summed E-state index contributed by atoms with van der Waals surface area (Å²) in [5.41, 5.74) is 2.24. The average Bonchev–Trinajstić information content (AvgIpc) is 2.34. The number of nitrogens with zero attached hydrogens (tertiary/aromatic N) is 2. The summed E-state index contributed by atoms with van der Waals surface area (Å²) in [7, 11) is 0. The summed E-state index contributed by atoms with van der Waals surface area (Å²) in [5, 5.41) is 8.01. The highest BCUT2D eigenvalue weighted by Crippen LogP contribution is 2.38. The average molecular weight is 244 g/mol. The Hall–Kier alpha value is -0.450. The van der Waals surface area contributed by atoms with Crippen molar-refractivity contribution in [3.05, 3.63) is 29.8 Å². The molecule has 0 spiro atoms. The van der Waals surface area contributed by atoms with Gasteiger partial charge in [0.05, 0.1) is 5.69 Å². The second-order valence-corrected chi connectivity index (χ2v) is 3.29. The molecule has 1 aliphatic rings. The first-order valence-corrected chi connectivity index (χ1v) is 4.26. The van der Waals surface area contributed by atoms with Gasteiger partial charge in [0.2, 0.25) is 0 Å². The van der Waals surface area contributed by atoms with E-state index in [1.165, 1.54) is 5.56 Å². The first-order valence-electron chi connectivity index (χ1n) is 3.02. The lowest BCUT2D eigenvalue weighted by Gasteiger charge is -1.95. The minimum Gasteiger partial charge on any atom is -0.170 e. The van der Waals surface area contributed by atoms with Crippen LogP contribution in [0.2, 0.25) is 0 Å². The minimum absolute atomic E-state index is 0.230. The van der Waals surface area contributed by atoms with Gasteiger partial charge in [0.15, 0.2) is 0 Å². The van der Waals surface area contributed by atoms with Gasteiger partial charge in [-0.25, -0.2) is 0 Å². The monoisotopic (exact) mass is 244 g/mol. The largest absolute Gasteiger partial charge is 0.170 e. The van der Waals surface area contributed by atoms with E-state index in [0.29, 0.717) is 0 Å². The van der Waals surface area contributed by atoms with Crippen LogP contribution in [0.25, 0.3) is 0 Å². The summed E-state index contributed by atoms with van der Waals surface area (Å²) in [4.78, 5) is 0. The highest BCUT2D eigenvalue weighted by molar-refractivity contribution is 14.1. The van der Waals surface area contributed by atoms with E-state index in [-0.39, 0.29) is 4.05 Å². The van der Waals surface area contributed by atoms with Crippen LogP contribution in [0.15, 0.2) is 34.5 Å². The summed E-state index contributed by atoms with van der Waals surface area (Å²) >= 11 is 2.26. The van der Waals surface area contributed by atoms with Gasteiger partial charge in [-0.3, -0.25) is 0 Å². The van der Waals surface area contributed by atoms with Crippen molar-refractivity contribution in [2.45, 2.75) is 4.05 Å². The van der Waals surface area contributed by atoms with E-state index in [2.05, 4.69) is 38.9 Å². The summed E-state index contributed by atoms with van der Waals surface area (Å²) in [6.45, 7) is 0. The SMILES string of the molecule is I[C@@H]1N=Nc2ccccc21. The molecule has 2 nitrogen and oxygen atoms in total. The van der Waals surface area contributed by atoms with Crippen LogP contribution in [0.4, 0.5) is 5.69 Å². The molecule has 0 bridgehead atoms. The number of halogens is 1. The van der Waals surface area contributed by atoms with E-state index in [0.717, 1.165) is 5.69 Å². The molecule has 0 unspecified atom stereocenters. The predicted molar refractivity (Wildman–Crippen MR) is 47.7 cm³/mol. The zero-order valence-corrected chi connectivity index (χ0v) is 7.32. The van der Waals surface area contributed by atoms with Gasteiger partial charge in [0, 0.05) is 5.56 Å². The fourth-order valence-electron chi connectivity index (χ4n) is 0.955. The molecule has 50 valence electrons. The summed E-state index contributed by atoms with van der Waals surface area (Å²) in [6.07, 6.45) is 0. The zero-order valence-electron chi connectivity index (χ0n) is 5.16. The van der Waals surface area contributed by atoms with E-state index in [4.69, 9.17) is 0 Å². The number of fused-ring (bicyclic) bond motifs is 1. The normalized spacial score (nSPS) is 21.1. The standard InChI is InChI=1S/C7H5IN2/c8-7-5-3-1-2-4-6(5)9-10-7/h1-4,7H/t7-/m1/s1. The fraction of sp³-hybridized carbons (Fsp3) is 0.143. The van der Waals surface area contributed by atoms with Crippen LogP contribution < -0.4 is 0 Å². The number of hydrogen-bond acceptors (Lipinski definition) is 2. The number of rotatable bonds is 0. The van der Waals surface area contributed by atoms with E-state index in [1.54, 1.807) is 0 Å². The highest BCUT2D eigenvalue weighted by atomic mass is 127. The van der Waals surface area contributed by atoms with Crippen molar-refractivity contribution in [2.24, 2.45) is 10.2 Å². The Labute approximate surface area is 72.5 Å². The molecule has 0 radical (unpaired) electrons. The van der Waals surface area contributed by atoms with Crippen LogP contribution in [0, 0.1) is 0 Å². The van der Waals surface area contributed by atoms with Crippen LogP contribution in [-0.2, 0) is 0 Å². The summed E-state index contributed by atoms with van der Waals surface area (Å²) in [6, 6.07) is 8.04. The molecule has 1 aliphatic heterocycles. The molecule has 0 saturated carbocycles. The van der Waals surface area contributed by atoms with Gasteiger partial charge >= 0.3 is 0 Å². The zero-order chi connectivity index (χ0) is 6.97. The van der Waals surface area contributed by atoms with Crippen molar-refractivity contribution in [3.63, 3.8) is 0 Å². The van der Waals surface area contributed by atoms with Crippen molar-refractivity contribution in [2.75, 3.05) is 0 Å². The molecule has 0 amide bonds. The third-order valence-electron chi connectivity index (χ3n) is 1.46. The van der Waals surface area contributed by atoms with Crippen molar-refractivity contribution in [1.29, 1.82) is 0 Å². The predicted octanol–water partition coefficient (Wildman–Crippen LogP) is 3.22. The molecule has 0 fully saturated rings. The Morgan fingerprint density at radius 2 is 2.10 bits per heavy atom. The van der Waals surface area contributed by atoms with Gasteiger partial charge in [0.25, 0.3) is 0 Å². The van der Waals surface area contributed by atoms with Gasteiger partial charge in [-0.05, 0) is 28.7 Å². The second kappa shape index (κ2) is 2.30. The maximum atomic E-state index is 4.02. The van der Waals surface area contributed by atoms with Crippen molar-refractivity contribution < 1.29 is 0 Å². The van der Waals surface area contributed by atoms with E-state index >= 15 is 0 Å². The molecular formula is C7H5IN2. The van der Waals surface area contributed by atoms with Crippen LogP contribution in [-0.4, -0.2) is 0 Å². The molecule has 2 rings (SSSR count). The molecule has 0 saturated heterocycles. The lowest BCUT2D eigenvalue weighted by Crippen LogP contribution is -1.76. The number of alkyl halides is 1. The molecule has 1 heterocycles. The van der Waals surface area contributed by atoms with Crippen LogP contribution in [0.1, 0.15) is 9.61 Å². The Bertz CT molecular complexity index is 283. The molecule has 1 aromatic carbocycles. The maximum absolute atomic E-state index is 4.02. The van der Waals surface area contributed by atoms with Crippen LogP contribution in [0.3, 0.4) is 0 Å². The molecular weight excluding hydrogens is 239 g/mol. The van der Waals surface area contributed by atoms with Gasteiger partial charge in [-0.15, -0.1) is 0 Å². The molecule has 10 heavy (non-hydrogen) atoms. The highest BCUT2D eigenvalue weighted by Gasteiger charge is 2.15. The van der Waals surface area contributed by atoms with Gasteiger partial charge < -0.3 is 0 Å². The first-order chi connectivity index (χ1) is 4.88. The molecule has 0 N–H and O–H groups in total. The van der Waals surface area contributed by atoms with Gasteiger partial charge in [-0.1, -0.05) is 18.2 Å². The third-order valence-corrected chi connectivity index (χ3v) is 2.38. The molecule has 3 heteroatoms. The number of benzene rings is 1. The van der Waals surface area contributed by atoms with E-state index in [1.807, 2.05) is 18.2 Å². The Kier molecular flexibility index (Phi) is 1.44. The van der Waals surface area contributed by atoms with E-state index in [9.17, 15) is 0 Å². The summed E-state index contributed by atoms with van der Waals surface area (Å²) < 4.78 is 0.230. The topological polar surface area (TPSA) is 24.7 Å². The maximum Gasteiger partial charge on any atom is 0.149 e. The van der Waals surface area contributed by atoms with Crippen molar-refractivity contribution in [1.82, 2.24) is 0 Å². The fourth-order valence-corrected chi connectivity index (χ4v) is 1.61. The molecule has 0 aliphatic carbocycles. The number of hydrogen-bond donors (Lipinski definition) is 0.